The van der Waals surface area contributed by atoms with Crippen LogP contribution in [0, 0.1) is 0 Å². The van der Waals surface area contributed by atoms with Crippen LogP contribution in [0.3, 0.4) is 0 Å². The van der Waals surface area contributed by atoms with Crippen molar-refractivity contribution < 1.29 is 14.6 Å². The predicted molar refractivity (Wildman–Crippen MR) is 107 cm³/mol. The lowest BCUT2D eigenvalue weighted by molar-refractivity contribution is 0.194. The highest BCUT2D eigenvalue weighted by molar-refractivity contribution is 5.98. The molecule has 2 aromatic rings. The van der Waals surface area contributed by atoms with Crippen LogP contribution in [0.15, 0.2) is 41.8 Å². The Labute approximate surface area is 163 Å². The molecule has 6 N–H and O–H groups in total. The van der Waals surface area contributed by atoms with Gasteiger partial charge >= 0.3 is 6.09 Å². The fourth-order valence-corrected chi connectivity index (χ4v) is 3.34. The van der Waals surface area contributed by atoms with Crippen molar-refractivity contribution in [2.45, 2.75) is 44.6 Å². The van der Waals surface area contributed by atoms with E-state index >= 15 is 0 Å². The topological polar surface area (TPSA) is 136 Å². The number of hydrogen-bond acceptors (Lipinski definition) is 6. The number of amides is 1. The van der Waals surface area contributed by atoms with E-state index in [2.05, 4.69) is 15.4 Å². The quantitative estimate of drug-likeness (QED) is 0.211. The van der Waals surface area contributed by atoms with Gasteiger partial charge in [-0.25, -0.2) is 4.79 Å². The van der Waals surface area contributed by atoms with Crippen molar-refractivity contribution >= 4 is 11.9 Å². The van der Waals surface area contributed by atoms with Crippen molar-refractivity contribution in [1.29, 1.82) is 0 Å². The van der Waals surface area contributed by atoms with Gasteiger partial charge in [0.05, 0.1) is 0 Å². The molecule has 1 amide bonds. The molecule has 3 rings (SSSR count). The zero-order valence-electron chi connectivity index (χ0n) is 15.6. The summed E-state index contributed by atoms with van der Waals surface area (Å²) in [4.78, 5) is 16.4. The maximum Gasteiger partial charge on any atom is 0.412 e. The molecule has 0 atom stereocenters. The number of hydrogen-bond donors (Lipinski definition) is 4. The minimum absolute atomic E-state index is 0.0266. The van der Waals surface area contributed by atoms with E-state index in [9.17, 15) is 9.90 Å². The third kappa shape index (κ3) is 4.91. The maximum atomic E-state index is 12.3. The number of rotatable bonds is 4. The van der Waals surface area contributed by atoms with Crippen LogP contribution >= 0.6 is 0 Å². The van der Waals surface area contributed by atoms with E-state index in [1.807, 2.05) is 0 Å². The molecule has 0 aliphatic heterocycles. The number of phenolic OH excluding ortho intramolecular Hbond substituents is 1. The van der Waals surface area contributed by atoms with E-state index in [0.717, 1.165) is 25.7 Å². The Balaban J connectivity index is 1.75. The summed E-state index contributed by atoms with van der Waals surface area (Å²) >= 11 is 0. The normalized spacial score (nSPS) is 15.6. The molecule has 148 valence electrons. The van der Waals surface area contributed by atoms with E-state index in [0.29, 0.717) is 22.4 Å². The zero-order chi connectivity index (χ0) is 19.9. The average molecular weight is 383 g/mol. The van der Waals surface area contributed by atoms with Gasteiger partial charge in [0.1, 0.15) is 11.5 Å². The Morgan fingerprint density at radius 3 is 2.64 bits per heavy atom. The lowest BCUT2D eigenvalue weighted by Crippen LogP contribution is -2.36. The summed E-state index contributed by atoms with van der Waals surface area (Å²) in [6.07, 6.45) is 9.19. The monoisotopic (exact) mass is 383 g/mol. The number of nitrogens with two attached hydrogens (primary N) is 2. The fraction of sp³-hybridized carbons (Fsp3) is 0.350. The second kappa shape index (κ2) is 9.07. The molecule has 1 fully saturated rings. The molecule has 1 heterocycles. The lowest BCUT2D eigenvalue weighted by atomic mass is 10.0. The molecular weight excluding hydrogens is 358 g/mol. The standard InChI is InChI=1S/C20H25N5O3/c21-19(25-22)14-9-13(11-23-12-14)17-10-16(7-8-18(17)26)28-20(27)24-15-5-3-1-2-4-6-15/h7-12,15,26H,1-6,22H2,(H2,21,25)(H,24,27). The van der Waals surface area contributed by atoms with Gasteiger partial charge in [-0.05, 0) is 37.1 Å². The number of nitrogens with zero attached hydrogens (tertiary/aromatic N) is 2. The first-order valence-electron chi connectivity index (χ1n) is 9.37. The molecule has 1 aromatic heterocycles. The van der Waals surface area contributed by atoms with Gasteiger partial charge in [0.15, 0.2) is 5.84 Å². The first kappa shape index (κ1) is 19.5. The van der Waals surface area contributed by atoms with Gasteiger partial charge in [-0.15, -0.1) is 0 Å². The molecule has 0 radical (unpaired) electrons. The highest BCUT2D eigenvalue weighted by Crippen LogP contribution is 2.32. The van der Waals surface area contributed by atoms with E-state index in [-0.39, 0.29) is 17.6 Å². The summed E-state index contributed by atoms with van der Waals surface area (Å²) < 4.78 is 5.42. The SMILES string of the molecule is N/N=C(\N)c1cncc(-c2cc(OC(=O)NC3CCCCCC3)ccc2O)c1. The number of carbonyl (C=O) groups is 1. The van der Waals surface area contributed by atoms with Gasteiger partial charge in [0.2, 0.25) is 0 Å². The first-order chi connectivity index (χ1) is 13.6. The summed E-state index contributed by atoms with van der Waals surface area (Å²) in [5.41, 5.74) is 7.30. The Bertz CT molecular complexity index is 861. The van der Waals surface area contributed by atoms with Crippen molar-refractivity contribution in [3.05, 3.63) is 42.2 Å². The van der Waals surface area contributed by atoms with E-state index in [4.69, 9.17) is 16.3 Å². The Morgan fingerprint density at radius 1 is 1.18 bits per heavy atom. The van der Waals surface area contributed by atoms with Crippen LogP contribution in [-0.4, -0.2) is 28.1 Å². The average Bonchev–Trinajstić information content (AvgIpc) is 2.97. The Kier molecular flexibility index (Phi) is 6.31. The summed E-state index contributed by atoms with van der Waals surface area (Å²) in [7, 11) is 0. The molecule has 0 unspecified atom stereocenters. The number of hydrazone groups is 1. The molecule has 1 aliphatic rings. The molecule has 0 bridgehead atoms. The number of phenols is 1. The largest absolute Gasteiger partial charge is 0.507 e. The number of aromatic hydroxyl groups is 1. The summed E-state index contributed by atoms with van der Waals surface area (Å²) in [5, 5.41) is 16.6. The number of aromatic nitrogens is 1. The Morgan fingerprint density at radius 2 is 1.93 bits per heavy atom. The van der Waals surface area contributed by atoms with Crippen molar-refractivity contribution in [3.8, 4) is 22.6 Å². The van der Waals surface area contributed by atoms with Crippen molar-refractivity contribution in [2.75, 3.05) is 0 Å². The highest BCUT2D eigenvalue weighted by atomic mass is 16.6. The summed E-state index contributed by atoms with van der Waals surface area (Å²) in [6, 6.07) is 6.43. The Hall–Kier alpha value is -3.29. The van der Waals surface area contributed by atoms with Gasteiger partial charge in [0.25, 0.3) is 0 Å². The second-order valence-corrected chi connectivity index (χ2v) is 6.88. The van der Waals surface area contributed by atoms with Gasteiger partial charge in [-0.2, -0.15) is 5.10 Å². The molecule has 8 nitrogen and oxygen atoms in total. The first-order valence-corrected chi connectivity index (χ1v) is 9.37. The summed E-state index contributed by atoms with van der Waals surface area (Å²) in [6.45, 7) is 0. The summed E-state index contributed by atoms with van der Waals surface area (Å²) in [5.74, 6) is 5.69. The van der Waals surface area contributed by atoms with Crippen LogP contribution in [0.25, 0.3) is 11.1 Å². The van der Waals surface area contributed by atoms with Crippen LogP contribution in [-0.2, 0) is 0 Å². The number of nitrogens with one attached hydrogen (secondary N) is 1. The minimum atomic E-state index is -0.491. The molecule has 1 aliphatic carbocycles. The molecule has 0 spiro atoms. The molecule has 0 saturated heterocycles. The van der Waals surface area contributed by atoms with Crippen molar-refractivity contribution in [2.24, 2.45) is 16.7 Å². The van der Waals surface area contributed by atoms with Gasteiger partial charge in [0, 0.05) is 35.1 Å². The third-order valence-corrected chi connectivity index (χ3v) is 4.84. The third-order valence-electron chi connectivity index (χ3n) is 4.84. The molecule has 1 saturated carbocycles. The van der Waals surface area contributed by atoms with Crippen molar-refractivity contribution in [3.63, 3.8) is 0 Å². The highest BCUT2D eigenvalue weighted by Gasteiger charge is 2.17. The van der Waals surface area contributed by atoms with Gasteiger partial charge < -0.3 is 26.7 Å². The number of pyridine rings is 1. The number of benzene rings is 1. The maximum absolute atomic E-state index is 12.3. The molecular formula is C20H25N5O3. The number of carbonyl (C=O) groups excluding carboxylic acids is 1. The zero-order valence-corrected chi connectivity index (χ0v) is 15.6. The van der Waals surface area contributed by atoms with Gasteiger partial charge in [-0.3, -0.25) is 4.98 Å². The van der Waals surface area contributed by atoms with E-state index < -0.39 is 6.09 Å². The minimum Gasteiger partial charge on any atom is -0.507 e. The lowest BCUT2D eigenvalue weighted by Gasteiger charge is -2.16. The number of ether oxygens (including phenoxy) is 1. The van der Waals surface area contributed by atoms with Crippen molar-refractivity contribution in [1.82, 2.24) is 10.3 Å². The van der Waals surface area contributed by atoms with Crippen LogP contribution in [0.1, 0.15) is 44.1 Å². The van der Waals surface area contributed by atoms with Crippen LogP contribution in [0.2, 0.25) is 0 Å². The van der Waals surface area contributed by atoms with E-state index in [1.165, 1.54) is 25.1 Å². The van der Waals surface area contributed by atoms with Crippen LogP contribution in [0.5, 0.6) is 11.5 Å². The smallest absolute Gasteiger partial charge is 0.412 e. The van der Waals surface area contributed by atoms with Crippen LogP contribution < -0.4 is 21.6 Å². The number of amidine groups is 1. The predicted octanol–water partition coefficient (Wildman–Crippen LogP) is 2.84. The second-order valence-electron chi connectivity index (χ2n) is 6.88. The van der Waals surface area contributed by atoms with E-state index in [1.54, 1.807) is 24.4 Å². The fourth-order valence-electron chi connectivity index (χ4n) is 3.34. The molecule has 1 aromatic carbocycles. The van der Waals surface area contributed by atoms with Crippen LogP contribution in [0.4, 0.5) is 4.79 Å². The van der Waals surface area contributed by atoms with Gasteiger partial charge in [-0.1, -0.05) is 25.7 Å². The molecule has 8 heteroatoms. The molecule has 28 heavy (non-hydrogen) atoms.